The zero-order chi connectivity index (χ0) is 16.6. The number of nitrogens with one attached hydrogen (secondary N) is 1. The van der Waals surface area contributed by atoms with Crippen molar-refractivity contribution in [1.82, 2.24) is 4.90 Å². The van der Waals surface area contributed by atoms with E-state index in [0.717, 1.165) is 31.5 Å². The number of benzene rings is 1. The first-order valence-electron chi connectivity index (χ1n) is 8.29. The maximum absolute atomic E-state index is 12.9. The Hall–Kier alpha value is -1.55. The largest absolute Gasteiger partial charge is 0.342 e. The molecular formula is C18H23ClN2O2. The van der Waals surface area contributed by atoms with Gasteiger partial charge in [0.15, 0.2) is 0 Å². The van der Waals surface area contributed by atoms with Gasteiger partial charge in [-0.3, -0.25) is 9.59 Å². The molecule has 1 unspecified atom stereocenters. The molecule has 4 nitrogen and oxygen atoms in total. The number of hydrogen-bond donors (Lipinski definition) is 1. The molecule has 0 spiro atoms. The highest BCUT2D eigenvalue weighted by molar-refractivity contribution is 6.31. The molecule has 1 aliphatic heterocycles. The lowest BCUT2D eigenvalue weighted by molar-refractivity contribution is -0.143. The average Bonchev–Trinajstić information content (AvgIpc) is 3.32. The SMILES string of the molecule is Cc1ccc(Cl)cc1NC(=O)C1(C(=O)N2CCCC(C)C2)CC1. The van der Waals surface area contributed by atoms with Gasteiger partial charge in [0.2, 0.25) is 11.8 Å². The first-order chi connectivity index (χ1) is 10.9. The summed E-state index contributed by atoms with van der Waals surface area (Å²) in [4.78, 5) is 27.5. The van der Waals surface area contributed by atoms with Crippen molar-refractivity contribution in [3.8, 4) is 0 Å². The van der Waals surface area contributed by atoms with Gasteiger partial charge in [-0.1, -0.05) is 24.6 Å². The number of hydrogen-bond acceptors (Lipinski definition) is 2. The number of anilines is 1. The Labute approximate surface area is 142 Å². The lowest BCUT2D eigenvalue weighted by Gasteiger charge is -2.33. The number of piperidine rings is 1. The summed E-state index contributed by atoms with van der Waals surface area (Å²) in [5, 5.41) is 3.49. The van der Waals surface area contributed by atoms with Gasteiger partial charge in [0, 0.05) is 23.8 Å². The summed E-state index contributed by atoms with van der Waals surface area (Å²) >= 11 is 6.00. The summed E-state index contributed by atoms with van der Waals surface area (Å²) in [5.41, 5.74) is 0.775. The van der Waals surface area contributed by atoms with E-state index in [1.54, 1.807) is 12.1 Å². The number of carbonyl (C=O) groups is 2. The summed E-state index contributed by atoms with van der Waals surface area (Å²) in [5.74, 6) is 0.328. The highest BCUT2D eigenvalue weighted by Gasteiger charge is 2.58. The van der Waals surface area contributed by atoms with Crippen LogP contribution in [0.15, 0.2) is 18.2 Å². The zero-order valence-corrected chi connectivity index (χ0v) is 14.4. The van der Waals surface area contributed by atoms with Crippen LogP contribution in [0.2, 0.25) is 5.02 Å². The van der Waals surface area contributed by atoms with Crippen molar-refractivity contribution in [2.24, 2.45) is 11.3 Å². The third kappa shape index (κ3) is 3.23. The fraction of sp³-hybridized carbons (Fsp3) is 0.556. The van der Waals surface area contributed by atoms with Crippen molar-refractivity contribution in [2.75, 3.05) is 18.4 Å². The lowest BCUT2D eigenvalue weighted by Crippen LogP contribution is -2.46. The van der Waals surface area contributed by atoms with E-state index in [9.17, 15) is 9.59 Å². The van der Waals surface area contributed by atoms with Crippen LogP contribution in [0.25, 0.3) is 0 Å². The van der Waals surface area contributed by atoms with E-state index < -0.39 is 5.41 Å². The van der Waals surface area contributed by atoms with Gasteiger partial charge in [-0.05, 0) is 56.2 Å². The molecule has 1 saturated carbocycles. The summed E-state index contributed by atoms with van der Waals surface area (Å²) < 4.78 is 0. The third-order valence-electron chi connectivity index (χ3n) is 4.99. The van der Waals surface area contributed by atoms with Crippen LogP contribution >= 0.6 is 11.6 Å². The van der Waals surface area contributed by atoms with Gasteiger partial charge in [0.05, 0.1) is 0 Å². The van der Waals surface area contributed by atoms with Crippen LogP contribution in [0.1, 0.15) is 38.2 Å². The summed E-state index contributed by atoms with van der Waals surface area (Å²) in [7, 11) is 0. The number of likely N-dealkylation sites (tertiary alicyclic amines) is 1. The molecule has 1 heterocycles. The van der Waals surface area contributed by atoms with Crippen LogP contribution in [-0.2, 0) is 9.59 Å². The van der Waals surface area contributed by atoms with Gasteiger partial charge in [-0.25, -0.2) is 0 Å². The van der Waals surface area contributed by atoms with Crippen molar-refractivity contribution in [1.29, 1.82) is 0 Å². The van der Waals surface area contributed by atoms with E-state index in [4.69, 9.17) is 11.6 Å². The van der Waals surface area contributed by atoms with Crippen LogP contribution in [0.4, 0.5) is 5.69 Å². The van der Waals surface area contributed by atoms with Crippen molar-refractivity contribution in [3.63, 3.8) is 0 Å². The number of nitrogens with zero attached hydrogens (tertiary/aromatic N) is 1. The maximum Gasteiger partial charge on any atom is 0.240 e. The molecule has 0 bridgehead atoms. The molecule has 124 valence electrons. The molecule has 1 aromatic carbocycles. The predicted molar refractivity (Wildman–Crippen MR) is 91.5 cm³/mol. The molecule has 0 aromatic heterocycles. The van der Waals surface area contributed by atoms with Crippen molar-refractivity contribution in [2.45, 2.75) is 39.5 Å². The molecule has 23 heavy (non-hydrogen) atoms. The smallest absolute Gasteiger partial charge is 0.240 e. The van der Waals surface area contributed by atoms with Crippen molar-refractivity contribution < 1.29 is 9.59 Å². The molecule has 2 aliphatic rings. The van der Waals surface area contributed by atoms with Crippen LogP contribution in [0.3, 0.4) is 0 Å². The topological polar surface area (TPSA) is 49.4 Å². The van der Waals surface area contributed by atoms with Gasteiger partial charge < -0.3 is 10.2 Å². The number of rotatable bonds is 3. The van der Waals surface area contributed by atoms with Crippen molar-refractivity contribution in [3.05, 3.63) is 28.8 Å². The summed E-state index contributed by atoms with van der Waals surface area (Å²) in [6.45, 7) is 5.62. The standard InChI is InChI=1S/C18H23ClN2O2/c1-12-4-3-9-21(11-12)17(23)18(7-8-18)16(22)20-15-10-14(19)6-5-13(15)2/h5-6,10,12H,3-4,7-9,11H2,1-2H3,(H,20,22). The molecule has 3 rings (SSSR count). The Bertz CT molecular complexity index is 640. The van der Waals surface area contributed by atoms with Gasteiger partial charge in [0.25, 0.3) is 0 Å². The lowest BCUT2D eigenvalue weighted by atomic mass is 9.96. The van der Waals surface area contributed by atoms with E-state index in [2.05, 4.69) is 12.2 Å². The molecule has 1 aromatic rings. The molecule has 2 fully saturated rings. The molecule has 1 aliphatic carbocycles. The van der Waals surface area contributed by atoms with E-state index in [0.29, 0.717) is 29.5 Å². The maximum atomic E-state index is 12.9. The molecule has 2 amide bonds. The minimum Gasteiger partial charge on any atom is -0.342 e. The van der Waals surface area contributed by atoms with Gasteiger partial charge in [-0.2, -0.15) is 0 Å². The fourth-order valence-electron chi connectivity index (χ4n) is 3.31. The fourth-order valence-corrected chi connectivity index (χ4v) is 3.48. The van der Waals surface area contributed by atoms with Crippen LogP contribution in [0.5, 0.6) is 0 Å². The highest BCUT2D eigenvalue weighted by atomic mass is 35.5. The van der Waals surface area contributed by atoms with E-state index in [-0.39, 0.29) is 11.8 Å². The second-order valence-corrected chi connectivity index (χ2v) is 7.43. The third-order valence-corrected chi connectivity index (χ3v) is 5.22. The molecule has 5 heteroatoms. The molecule has 1 N–H and O–H groups in total. The van der Waals surface area contributed by atoms with Crippen molar-refractivity contribution >= 4 is 29.1 Å². The summed E-state index contributed by atoms with van der Waals surface area (Å²) in [6, 6.07) is 5.39. The van der Waals surface area contributed by atoms with Gasteiger partial charge in [-0.15, -0.1) is 0 Å². The number of aryl methyl sites for hydroxylation is 1. The zero-order valence-electron chi connectivity index (χ0n) is 13.7. The molecule has 0 radical (unpaired) electrons. The average molecular weight is 335 g/mol. The van der Waals surface area contributed by atoms with Crippen LogP contribution in [-0.4, -0.2) is 29.8 Å². The number of carbonyl (C=O) groups excluding carboxylic acids is 2. The normalized spacial score (nSPS) is 22.6. The monoisotopic (exact) mass is 334 g/mol. The predicted octanol–water partition coefficient (Wildman–Crippen LogP) is 3.63. The summed E-state index contributed by atoms with van der Waals surface area (Å²) in [6.07, 6.45) is 3.47. The number of halogens is 1. The highest BCUT2D eigenvalue weighted by Crippen LogP contribution is 2.48. The number of amides is 2. The first-order valence-corrected chi connectivity index (χ1v) is 8.67. The Balaban J connectivity index is 1.73. The molecule has 1 saturated heterocycles. The minimum absolute atomic E-state index is 0.00114. The minimum atomic E-state index is -0.855. The van der Waals surface area contributed by atoms with E-state index >= 15 is 0 Å². The molecular weight excluding hydrogens is 312 g/mol. The Morgan fingerprint density at radius 1 is 1.35 bits per heavy atom. The van der Waals surface area contributed by atoms with E-state index in [1.165, 1.54) is 0 Å². The Morgan fingerprint density at radius 3 is 2.74 bits per heavy atom. The van der Waals surface area contributed by atoms with Gasteiger partial charge in [0.1, 0.15) is 5.41 Å². The Kier molecular flexibility index (Phi) is 4.37. The van der Waals surface area contributed by atoms with Gasteiger partial charge >= 0.3 is 0 Å². The van der Waals surface area contributed by atoms with Crippen LogP contribution in [0, 0.1) is 18.3 Å². The second kappa shape index (κ2) is 6.16. The molecule has 1 atom stereocenters. The van der Waals surface area contributed by atoms with Crippen LogP contribution < -0.4 is 5.32 Å². The van der Waals surface area contributed by atoms with E-state index in [1.807, 2.05) is 17.9 Å². The first kappa shape index (κ1) is 16.3. The quantitative estimate of drug-likeness (QED) is 0.858. The second-order valence-electron chi connectivity index (χ2n) is 6.99. The Morgan fingerprint density at radius 2 is 2.09 bits per heavy atom.